The van der Waals surface area contributed by atoms with Crippen LogP contribution in [0.25, 0.3) is 11.3 Å². The quantitative estimate of drug-likeness (QED) is 0.378. The lowest BCUT2D eigenvalue weighted by Crippen LogP contribution is -2.20. The summed E-state index contributed by atoms with van der Waals surface area (Å²) in [4.78, 5) is 12.7. The first-order valence-corrected chi connectivity index (χ1v) is 10.7. The third-order valence-corrected chi connectivity index (χ3v) is 5.41. The van der Waals surface area contributed by atoms with E-state index in [-0.39, 0.29) is 16.7 Å². The number of nitrogens with zero attached hydrogens (tertiary/aromatic N) is 2. The molecule has 6 heteroatoms. The summed E-state index contributed by atoms with van der Waals surface area (Å²) in [6.45, 7) is 14.2. The van der Waals surface area contributed by atoms with E-state index in [9.17, 15) is 9.90 Å². The second-order valence-corrected chi connectivity index (χ2v) is 10.1. The van der Waals surface area contributed by atoms with E-state index in [0.717, 1.165) is 33.5 Å². The second-order valence-electron chi connectivity index (χ2n) is 10.1. The van der Waals surface area contributed by atoms with Crippen LogP contribution < -0.4 is 5.43 Å². The molecule has 0 bridgehead atoms. The van der Waals surface area contributed by atoms with Crippen LogP contribution in [-0.4, -0.2) is 27.4 Å². The molecule has 1 amide bonds. The number of hydrogen-bond donors (Lipinski definition) is 3. The second kappa shape index (κ2) is 8.61. The van der Waals surface area contributed by atoms with Gasteiger partial charge in [-0.25, -0.2) is 5.43 Å². The number of rotatable bonds is 4. The molecule has 0 aliphatic heterocycles. The van der Waals surface area contributed by atoms with Gasteiger partial charge in [-0.1, -0.05) is 71.9 Å². The topological polar surface area (TPSA) is 90.4 Å². The first-order chi connectivity index (χ1) is 14.9. The van der Waals surface area contributed by atoms with Gasteiger partial charge in [-0.2, -0.15) is 10.2 Å². The molecule has 3 rings (SSSR count). The van der Waals surface area contributed by atoms with Crippen molar-refractivity contribution in [2.24, 2.45) is 5.10 Å². The third kappa shape index (κ3) is 4.90. The lowest BCUT2D eigenvalue weighted by molar-refractivity contribution is 0.0949. The highest BCUT2D eigenvalue weighted by atomic mass is 16.3. The molecule has 3 N–H and O–H groups in total. The Balaban J connectivity index is 1.85. The van der Waals surface area contributed by atoms with Crippen molar-refractivity contribution in [2.45, 2.75) is 59.3 Å². The number of amides is 1. The molecule has 32 heavy (non-hydrogen) atoms. The minimum Gasteiger partial charge on any atom is -0.507 e. The smallest absolute Gasteiger partial charge is 0.289 e. The largest absolute Gasteiger partial charge is 0.507 e. The predicted octanol–water partition coefficient (Wildman–Crippen LogP) is 5.45. The molecule has 1 heterocycles. The highest BCUT2D eigenvalue weighted by Crippen LogP contribution is 2.39. The van der Waals surface area contributed by atoms with Crippen LogP contribution in [0.5, 0.6) is 5.75 Å². The number of H-pyrrole nitrogens is 1. The molecule has 1 aromatic heterocycles. The molecule has 0 saturated heterocycles. The van der Waals surface area contributed by atoms with Crippen molar-refractivity contribution in [3.05, 3.63) is 70.4 Å². The van der Waals surface area contributed by atoms with E-state index in [2.05, 4.69) is 62.3 Å². The number of hydrogen-bond acceptors (Lipinski definition) is 4. The Morgan fingerprint density at radius 1 is 1.03 bits per heavy atom. The third-order valence-electron chi connectivity index (χ3n) is 5.41. The van der Waals surface area contributed by atoms with Gasteiger partial charge in [0.2, 0.25) is 0 Å². The number of aromatic amines is 1. The van der Waals surface area contributed by atoms with E-state index in [1.165, 1.54) is 0 Å². The standard InChI is InChI=1S/C26H32N4O2/c1-16-21(18-11-9-8-10-12-18)28-29-22(16)24(32)30-27-15-17-13-19(25(2,3)4)23(31)20(14-17)26(5,6)7/h8-15,31H,1-7H3,(H,28,29)(H,30,32). The molecule has 0 aliphatic rings. The van der Waals surface area contributed by atoms with Gasteiger partial charge in [0, 0.05) is 22.3 Å². The Kier molecular flexibility index (Phi) is 6.26. The van der Waals surface area contributed by atoms with Gasteiger partial charge >= 0.3 is 0 Å². The summed E-state index contributed by atoms with van der Waals surface area (Å²) in [5.74, 6) is -0.0491. The van der Waals surface area contributed by atoms with Crippen LogP contribution in [0.1, 0.15) is 74.3 Å². The Labute approximate surface area is 189 Å². The number of aromatic hydroxyl groups is 1. The summed E-state index contributed by atoms with van der Waals surface area (Å²) in [6, 6.07) is 13.5. The summed E-state index contributed by atoms with van der Waals surface area (Å²) in [5, 5.41) is 22.1. The van der Waals surface area contributed by atoms with Gasteiger partial charge in [0.15, 0.2) is 0 Å². The van der Waals surface area contributed by atoms with Crippen LogP contribution in [0.3, 0.4) is 0 Å². The van der Waals surface area contributed by atoms with Crippen molar-refractivity contribution in [1.29, 1.82) is 0 Å². The minimum atomic E-state index is -0.362. The first kappa shape index (κ1) is 23.3. The van der Waals surface area contributed by atoms with Crippen LogP contribution in [0.4, 0.5) is 0 Å². The van der Waals surface area contributed by atoms with E-state index < -0.39 is 0 Å². The molecule has 168 valence electrons. The van der Waals surface area contributed by atoms with E-state index in [4.69, 9.17) is 0 Å². The molecule has 0 radical (unpaired) electrons. The Hall–Kier alpha value is -3.41. The van der Waals surface area contributed by atoms with E-state index >= 15 is 0 Å². The fourth-order valence-electron chi connectivity index (χ4n) is 3.59. The number of carbonyl (C=O) groups excluding carboxylic acids is 1. The maximum absolute atomic E-state index is 12.7. The van der Waals surface area contributed by atoms with Crippen molar-refractivity contribution >= 4 is 12.1 Å². The number of hydrazone groups is 1. The van der Waals surface area contributed by atoms with Crippen LogP contribution in [0.15, 0.2) is 47.6 Å². The Morgan fingerprint density at radius 2 is 1.59 bits per heavy atom. The minimum absolute atomic E-state index is 0.238. The highest BCUT2D eigenvalue weighted by molar-refractivity contribution is 5.96. The van der Waals surface area contributed by atoms with Crippen molar-refractivity contribution in [1.82, 2.24) is 15.6 Å². The number of benzene rings is 2. The summed E-state index contributed by atoms with van der Waals surface area (Å²) in [6.07, 6.45) is 1.60. The average molecular weight is 433 g/mol. The van der Waals surface area contributed by atoms with Crippen LogP contribution in [0.2, 0.25) is 0 Å². The molecule has 0 unspecified atom stereocenters. The molecule has 2 aromatic carbocycles. The molecule has 0 saturated carbocycles. The number of phenolic OH excluding ortho intramolecular Hbond substituents is 1. The van der Waals surface area contributed by atoms with Gasteiger partial charge in [0.1, 0.15) is 11.4 Å². The fourth-order valence-corrected chi connectivity index (χ4v) is 3.59. The molecule has 0 spiro atoms. The van der Waals surface area contributed by atoms with Crippen molar-refractivity contribution < 1.29 is 9.90 Å². The van der Waals surface area contributed by atoms with Crippen molar-refractivity contribution in [3.8, 4) is 17.0 Å². The van der Waals surface area contributed by atoms with E-state index in [1.807, 2.05) is 49.4 Å². The number of phenols is 1. The van der Waals surface area contributed by atoms with E-state index in [0.29, 0.717) is 11.4 Å². The Morgan fingerprint density at radius 3 is 2.12 bits per heavy atom. The maximum atomic E-state index is 12.7. The van der Waals surface area contributed by atoms with Gasteiger partial charge in [-0.05, 0) is 35.4 Å². The monoisotopic (exact) mass is 432 g/mol. The summed E-state index contributed by atoms with van der Waals surface area (Å²) in [7, 11) is 0. The molecule has 3 aromatic rings. The first-order valence-electron chi connectivity index (χ1n) is 10.7. The van der Waals surface area contributed by atoms with Gasteiger partial charge in [-0.15, -0.1) is 0 Å². The molecule has 0 atom stereocenters. The number of carbonyl (C=O) groups is 1. The van der Waals surface area contributed by atoms with Crippen molar-refractivity contribution in [3.63, 3.8) is 0 Å². The SMILES string of the molecule is Cc1c(-c2ccccc2)n[nH]c1C(=O)NN=Cc1cc(C(C)(C)C)c(O)c(C(C)(C)C)c1. The zero-order chi connectivity index (χ0) is 23.7. The summed E-state index contributed by atoms with van der Waals surface area (Å²) >= 11 is 0. The number of aromatic nitrogens is 2. The van der Waals surface area contributed by atoms with Crippen LogP contribution in [-0.2, 0) is 10.8 Å². The lowest BCUT2D eigenvalue weighted by Gasteiger charge is -2.27. The lowest BCUT2D eigenvalue weighted by atomic mass is 9.78. The van der Waals surface area contributed by atoms with E-state index in [1.54, 1.807) is 6.21 Å². The summed E-state index contributed by atoms with van der Waals surface area (Å²) < 4.78 is 0. The maximum Gasteiger partial charge on any atom is 0.289 e. The molecular formula is C26H32N4O2. The summed E-state index contributed by atoms with van der Waals surface area (Å²) in [5.41, 5.74) is 7.41. The number of nitrogens with one attached hydrogen (secondary N) is 2. The molecule has 0 aliphatic carbocycles. The highest BCUT2D eigenvalue weighted by Gasteiger charge is 2.26. The average Bonchev–Trinajstić information content (AvgIpc) is 3.09. The molecule has 6 nitrogen and oxygen atoms in total. The van der Waals surface area contributed by atoms with Gasteiger partial charge in [-0.3, -0.25) is 9.89 Å². The van der Waals surface area contributed by atoms with Gasteiger partial charge in [0.05, 0.1) is 11.9 Å². The molecule has 0 fully saturated rings. The predicted molar refractivity (Wildman–Crippen MR) is 129 cm³/mol. The zero-order valence-electron chi connectivity index (χ0n) is 19.9. The zero-order valence-corrected chi connectivity index (χ0v) is 19.9. The van der Waals surface area contributed by atoms with Gasteiger partial charge in [0.25, 0.3) is 5.91 Å². The fraction of sp³-hybridized carbons (Fsp3) is 0.346. The molecular weight excluding hydrogens is 400 g/mol. The normalized spacial score (nSPS) is 12.3. The van der Waals surface area contributed by atoms with Gasteiger partial charge < -0.3 is 5.11 Å². The van der Waals surface area contributed by atoms with Crippen LogP contribution in [0, 0.1) is 6.92 Å². The van der Waals surface area contributed by atoms with Crippen LogP contribution >= 0.6 is 0 Å². The Bertz CT molecular complexity index is 1110. The van der Waals surface area contributed by atoms with Crippen molar-refractivity contribution in [2.75, 3.05) is 0 Å².